The Morgan fingerprint density at radius 1 is 1.41 bits per heavy atom. The summed E-state index contributed by atoms with van der Waals surface area (Å²) in [5, 5.41) is 12.1. The highest BCUT2D eigenvalue weighted by atomic mass is 32.1. The third kappa shape index (κ3) is 3.96. The molecule has 1 amide bonds. The third-order valence-corrected chi connectivity index (χ3v) is 3.06. The fourth-order valence-corrected chi connectivity index (χ4v) is 2.24. The first-order valence-corrected chi connectivity index (χ1v) is 6.76. The van der Waals surface area contributed by atoms with E-state index < -0.39 is 0 Å². The molecule has 1 aromatic rings. The highest BCUT2D eigenvalue weighted by Gasteiger charge is 2.19. The van der Waals surface area contributed by atoms with Gasteiger partial charge in [-0.1, -0.05) is 25.2 Å². The number of anilines is 1. The number of rotatable bonds is 6. The Balaban J connectivity index is 2.71. The zero-order valence-electron chi connectivity index (χ0n) is 10.9. The highest BCUT2D eigenvalue weighted by molar-refractivity contribution is 7.17. The molecule has 1 aromatic heterocycles. The number of hydrogen-bond donors (Lipinski definition) is 1. The van der Waals surface area contributed by atoms with Gasteiger partial charge in [0, 0.05) is 19.6 Å². The molecule has 5 nitrogen and oxygen atoms in total. The normalized spacial score (nSPS) is 10.6. The maximum atomic E-state index is 12.1. The summed E-state index contributed by atoms with van der Waals surface area (Å²) in [5.41, 5.74) is 0. The summed E-state index contributed by atoms with van der Waals surface area (Å²) in [6, 6.07) is 0. The molecule has 17 heavy (non-hydrogen) atoms. The topological polar surface area (TPSA) is 58.1 Å². The summed E-state index contributed by atoms with van der Waals surface area (Å²) in [6.07, 6.45) is 0. The maximum absolute atomic E-state index is 12.1. The molecule has 0 fully saturated rings. The van der Waals surface area contributed by atoms with Crippen LogP contribution in [0.1, 0.15) is 37.5 Å². The standard InChI is InChI=1S/C11H20N4OS/c1-5-12-11-14-13-9(17-11)10(16)15(6-2)7-8(3)4/h8H,5-7H2,1-4H3,(H,12,14). The maximum Gasteiger partial charge on any atom is 0.284 e. The van der Waals surface area contributed by atoms with Gasteiger partial charge in [-0.15, -0.1) is 10.2 Å². The Bertz CT molecular complexity index is 364. The van der Waals surface area contributed by atoms with E-state index in [2.05, 4.69) is 29.4 Å². The highest BCUT2D eigenvalue weighted by Crippen LogP contribution is 2.17. The van der Waals surface area contributed by atoms with Crippen LogP contribution in [-0.2, 0) is 0 Å². The quantitative estimate of drug-likeness (QED) is 0.846. The molecule has 0 saturated carbocycles. The van der Waals surface area contributed by atoms with E-state index in [0.29, 0.717) is 22.6 Å². The van der Waals surface area contributed by atoms with Crippen LogP contribution in [0.3, 0.4) is 0 Å². The fourth-order valence-electron chi connectivity index (χ4n) is 1.46. The summed E-state index contributed by atoms with van der Waals surface area (Å²) in [7, 11) is 0. The van der Waals surface area contributed by atoms with Gasteiger partial charge in [-0.25, -0.2) is 0 Å². The average molecular weight is 256 g/mol. The molecule has 0 aliphatic rings. The molecule has 96 valence electrons. The smallest absolute Gasteiger partial charge is 0.284 e. The summed E-state index contributed by atoms with van der Waals surface area (Å²) in [5.74, 6) is 0.433. The SMILES string of the molecule is CCNc1nnc(C(=O)N(CC)CC(C)C)s1. The molecule has 0 saturated heterocycles. The van der Waals surface area contributed by atoms with Crippen LogP contribution in [0.4, 0.5) is 5.13 Å². The molecule has 0 radical (unpaired) electrons. The summed E-state index contributed by atoms with van der Waals surface area (Å²) in [4.78, 5) is 13.9. The Kier molecular flexibility index (Phi) is 5.34. The monoisotopic (exact) mass is 256 g/mol. The van der Waals surface area contributed by atoms with Gasteiger partial charge in [-0.05, 0) is 19.8 Å². The number of carbonyl (C=O) groups excluding carboxylic acids is 1. The average Bonchev–Trinajstić information content (AvgIpc) is 2.74. The van der Waals surface area contributed by atoms with E-state index in [1.54, 1.807) is 4.90 Å². The Hall–Kier alpha value is -1.17. The number of aromatic nitrogens is 2. The van der Waals surface area contributed by atoms with Crippen LogP contribution in [0.25, 0.3) is 0 Å². The van der Waals surface area contributed by atoms with Crippen LogP contribution in [0.2, 0.25) is 0 Å². The minimum atomic E-state index is -0.0251. The molecule has 0 aliphatic carbocycles. The van der Waals surface area contributed by atoms with Gasteiger partial charge in [0.2, 0.25) is 10.1 Å². The van der Waals surface area contributed by atoms with Crippen LogP contribution < -0.4 is 5.32 Å². The lowest BCUT2D eigenvalue weighted by atomic mass is 10.2. The molecule has 0 spiro atoms. The zero-order chi connectivity index (χ0) is 12.8. The number of carbonyl (C=O) groups is 1. The van der Waals surface area contributed by atoms with Gasteiger partial charge in [0.25, 0.3) is 5.91 Å². The van der Waals surface area contributed by atoms with Gasteiger partial charge in [-0.2, -0.15) is 0 Å². The molecule has 1 heterocycles. The van der Waals surface area contributed by atoms with E-state index >= 15 is 0 Å². The van der Waals surface area contributed by atoms with Crippen molar-refractivity contribution in [3.05, 3.63) is 5.01 Å². The minimum Gasteiger partial charge on any atom is -0.360 e. The summed E-state index contributed by atoms with van der Waals surface area (Å²) >= 11 is 1.31. The van der Waals surface area contributed by atoms with Crippen LogP contribution >= 0.6 is 11.3 Å². The molecular formula is C11H20N4OS. The Morgan fingerprint density at radius 3 is 2.65 bits per heavy atom. The lowest BCUT2D eigenvalue weighted by molar-refractivity contribution is 0.0744. The molecule has 1 N–H and O–H groups in total. The molecule has 0 unspecified atom stereocenters. The summed E-state index contributed by atoms with van der Waals surface area (Å²) < 4.78 is 0. The van der Waals surface area contributed by atoms with E-state index in [0.717, 1.165) is 13.1 Å². The largest absolute Gasteiger partial charge is 0.360 e. The van der Waals surface area contributed by atoms with Crippen molar-refractivity contribution in [1.29, 1.82) is 0 Å². The Morgan fingerprint density at radius 2 is 2.12 bits per heavy atom. The summed E-state index contributed by atoms with van der Waals surface area (Å²) in [6.45, 7) is 10.4. The van der Waals surface area contributed by atoms with Gasteiger partial charge in [-0.3, -0.25) is 4.79 Å². The predicted octanol–water partition coefficient (Wildman–Crippen LogP) is 2.09. The van der Waals surface area contributed by atoms with Gasteiger partial charge < -0.3 is 10.2 Å². The molecule has 1 rings (SSSR count). The lowest BCUT2D eigenvalue weighted by Gasteiger charge is -2.21. The van der Waals surface area contributed by atoms with Gasteiger partial charge >= 0.3 is 0 Å². The molecule has 0 bridgehead atoms. The van der Waals surface area contributed by atoms with E-state index in [1.807, 2.05) is 13.8 Å². The van der Waals surface area contributed by atoms with Crippen LogP contribution in [0, 0.1) is 5.92 Å². The van der Waals surface area contributed by atoms with E-state index in [-0.39, 0.29) is 5.91 Å². The van der Waals surface area contributed by atoms with Crippen molar-refractivity contribution >= 4 is 22.4 Å². The molecule has 0 aliphatic heterocycles. The first-order chi connectivity index (χ1) is 8.08. The second kappa shape index (κ2) is 6.54. The van der Waals surface area contributed by atoms with Crippen molar-refractivity contribution in [2.45, 2.75) is 27.7 Å². The predicted molar refractivity (Wildman–Crippen MR) is 70.5 cm³/mol. The van der Waals surface area contributed by atoms with Crippen LogP contribution in [-0.4, -0.2) is 40.6 Å². The second-order valence-electron chi connectivity index (χ2n) is 4.18. The van der Waals surface area contributed by atoms with Crippen molar-refractivity contribution in [2.75, 3.05) is 25.0 Å². The number of amides is 1. The van der Waals surface area contributed by atoms with E-state index in [9.17, 15) is 4.79 Å². The lowest BCUT2D eigenvalue weighted by Crippen LogP contribution is -2.33. The van der Waals surface area contributed by atoms with Crippen molar-refractivity contribution in [1.82, 2.24) is 15.1 Å². The second-order valence-corrected chi connectivity index (χ2v) is 5.16. The zero-order valence-corrected chi connectivity index (χ0v) is 11.7. The van der Waals surface area contributed by atoms with Gasteiger partial charge in [0.15, 0.2) is 0 Å². The van der Waals surface area contributed by atoms with E-state index in [4.69, 9.17) is 0 Å². The minimum absolute atomic E-state index is 0.0251. The number of nitrogens with one attached hydrogen (secondary N) is 1. The van der Waals surface area contributed by atoms with Crippen molar-refractivity contribution in [3.8, 4) is 0 Å². The Labute approximate surface area is 106 Å². The molecule has 6 heteroatoms. The van der Waals surface area contributed by atoms with Gasteiger partial charge in [0.1, 0.15) is 0 Å². The van der Waals surface area contributed by atoms with Crippen LogP contribution in [0.15, 0.2) is 0 Å². The number of nitrogens with zero attached hydrogens (tertiary/aromatic N) is 3. The number of hydrogen-bond acceptors (Lipinski definition) is 5. The fraction of sp³-hybridized carbons (Fsp3) is 0.727. The third-order valence-electron chi connectivity index (χ3n) is 2.19. The first-order valence-electron chi connectivity index (χ1n) is 5.95. The molecular weight excluding hydrogens is 236 g/mol. The first kappa shape index (κ1) is 13.9. The van der Waals surface area contributed by atoms with Crippen molar-refractivity contribution < 1.29 is 4.79 Å². The molecule has 0 atom stereocenters. The molecule has 0 aromatic carbocycles. The van der Waals surface area contributed by atoms with Crippen molar-refractivity contribution in [2.24, 2.45) is 5.92 Å². The van der Waals surface area contributed by atoms with E-state index in [1.165, 1.54) is 11.3 Å². The van der Waals surface area contributed by atoms with Crippen molar-refractivity contribution in [3.63, 3.8) is 0 Å². The van der Waals surface area contributed by atoms with Gasteiger partial charge in [0.05, 0.1) is 0 Å². The van der Waals surface area contributed by atoms with Crippen LogP contribution in [0.5, 0.6) is 0 Å².